The second-order valence-electron chi connectivity index (χ2n) is 16.0. The maximum Gasteiger partial charge on any atom is 0.323 e. The van der Waals surface area contributed by atoms with Crippen LogP contribution in [-0.4, -0.2) is 71.3 Å². The van der Waals surface area contributed by atoms with Crippen molar-refractivity contribution in [2.75, 3.05) is 70.3 Å². The monoisotopic (exact) mass is 915 g/mol. The van der Waals surface area contributed by atoms with Crippen molar-refractivity contribution in [1.82, 2.24) is 25.3 Å². The third kappa shape index (κ3) is 12.1. The predicted molar refractivity (Wildman–Crippen MR) is 261 cm³/mol. The first-order valence-corrected chi connectivity index (χ1v) is 22.2. The molecule has 2 fully saturated rings. The highest BCUT2D eigenvalue weighted by Gasteiger charge is 2.16. The molecular weight excluding hydrogens is 869 g/mol. The number of hydrogen-bond donors (Lipinski definition) is 5. The first kappa shape index (κ1) is 44.7. The van der Waals surface area contributed by atoms with Gasteiger partial charge in [0.15, 0.2) is 0 Å². The van der Waals surface area contributed by atoms with Gasteiger partial charge in [0.25, 0.3) is 0 Å². The Kier molecular flexibility index (Phi) is 14.0. The van der Waals surface area contributed by atoms with Gasteiger partial charge in [0, 0.05) is 86.3 Å². The molecule has 10 rings (SSSR count). The highest BCUT2D eigenvalue weighted by molar-refractivity contribution is 6.00. The molecule has 0 bridgehead atoms. The fourth-order valence-electron chi connectivity index (χ4n) is 7.68. The van der Waals surface area contributed by atoms with Crippen molar-refractivity contribution in [3.8, 4) is 23.0 Å². The molecule has 68 heavy (non-hydrogen) atoms. The van der Waals surface area contributed by atoms with E-state index in [-0.39, 0.29) is 0 Å². The number of carbonyl (C=O) groups excluding carboxylic acids is 2. The maximum absolute atomic E-state index is 13.3. The second-order valence-corrected chi connectivity index (χ2v) is 16.0. The number of benzene rings is 6. The average Bonchev–Trinajstić information content (AvgIpc) is 3.34. The number of fused-ring (bicyclic) bond motifs is 2. The number of rotatable bonds is 10. The molecule has 6 aromatic carbocycles. The van der Waals surface area contributed by atoms with E-state index in [0.29, 0.717) is 45.7 Å². The van der Waals surface area contributed by atoms with Gasteiger partial charge in [0.2, 0.25) is 0 Å². The molecule has 0 aliphatic carbocycles. The number of nitrogens with zero attached hydrogens (tertiary/aromatic N) is 6. The van der Waals surface area contributed by atoms with Crippen LogP contribution in [0.25, 0.3) is 22.1 Å². The van der Waals surface area contributed by atoms with Crippen molar-refractivity contribution in [2.45, 2.75) is 19.3 Å². The number of piperidine rings is 1. The molecule has 2 aliphatic rings. The zero-order chi connectivity index (χ0) is 46.7. The van der Waals surface area contributed by atoms with Crippen molar-refractivity contribution in [3.05, 3.63) is 157 Å². The molecular formula is C51H47F2N11O4. The lowest BCUT2D eigenvalue weighted by Gasteiger charge is -2.28. The number of carbonyl (C=O) groups is 2. The molecule has 2 aliphatic heterocycles. The van der Waals surface area contributed by atoms with Crippen LogP contribution in [0.1, 0.15) is 19.3 Å². The van der Waals surface area contributed by atoms with E-state index in [2.05, 4.69) is 46.4 Å². The van der Waals surface area contributed by atoms with E-state index < -0.39 is 23.7 Å². The molecule has 2 saturated heterocycles. The van der Waals surface area contributed by atoms with Gasteiger partial charge >= 0.3 is 12.1 Å². The summed E-state index contributed by atoms with van der Waals surface area (Å²) in [5.41, 5.74) is 4.91. The summed E-state index contributed by atoms with van der Waals surface area (Å²) in [7, 11) is 0. The maximum atomic E-state index is 13.3. The van der Waals surface area contributed by atoms with Crippen molar-refractivity contribution >= 4 is 68.5 Å². The fraction of sp³-hybridized carbons (Fsp3) is 0.176. The van der Waals surface area contributed by atoms with Crippen LogP contribution in [0.15, 0.2) is 146 Å². The lowest BCUT2D eigenvalue weighted by Crippen LogP contribution is -2.43. The van der Waals surface area contributed by atoms with E-state index in [1.807, 2.05) is 42.6 Å². The molecule has 8 aromatic rings. The molecule has 4 heterocycles. The molecule has 0 saturated carbocycles. The fourth-order valence-corrected chi connectivity index (χ4v) is 7.68. The van der Waals surface area contributed by atoms with E-state index in [1.165, 1.54) is 55.7 Å². The Balaban J connectivity index is 0.000000170. The van der Waals surface area contributed by atoms with Crippen LogP contribution in [-0.2, 0) is 0 Å². The number of halogens is 2. The molecule has 15 nitrogen and oxygen atoms in total. The second kappa shape index (κ2) is 21.2. The van der Waals surface area contributed by atoms with Gasteiger partial charge in [0.05, 0.1) is 34.5 Å². The van der Waals surface area contributed by atoms with Crippen molar-refractivity contribution in [2.24, 2.45) is 0 Å². The van der Waals surface area contributed by atoms with Gasteiger partial charge in [-0.2, -0.15) is 0 Å². The normalized spacial score (nSPS) is 13.5. The molecule has 0 atom stereocenters. The van der Waals surface area contributed by atoms with E-state index in [1.54, 1.807) is 66.9 Å². The van der Waals surface area contributed by atoms with Crippen LogP contribution < -0.4 is 45.9 Å². The lowest BCUT2D eigenvalue weighted by atomic mass is 10.1. The molecule has 5 N–H and O–H groups in total. The molecule has 2 aromatic heterocycles. The third-order valence-corrected chi connectivity index (χ3v) is 10.9. The highest BCUT2D eigenvalue weighted by Crippen LogP contribution is 2.30. The molecule has 17 heteroatoms. The van der Waals surface area contributed by atoms with Crippen molar-refractivity contribution in [1.29, 1.82) is 0 Å². The SMILES string of the molecule is O=C(Nc1cccc(F)c1)Nc1cccc(Oc2ccc3ncc(N4CCCCC4)nc3c2)c1.O=C(Nc1cccc(F)c1)Nc1cccc(Oc2ccc3ncc(N4CCNCC4)nc3c2)c1. The summed E-state index contributed by atoms with van der Waals surface area (Å²) in [6.45, 7) is 5.64. The van der Waals surface area contributed by atoms with Crippen LogP contribution in [0, 0.1) is 11.6 Å². The van der Waals surface area contributed by atoms with Gasteiger partial charge in [-0.05, 0) is 104 Å². The lowest BCUT2D eigenvalue weighted by molar-refractivity contribution is 0.261. The summed E-state index contributed by atoms with van der Waals surface area (Å²) in [6.07, 6.45) is 7.24. The largest absolute Gasteiger partial charge is 0.457 e. The Morgan fingerprint density at radius 3 is 1.34 bits per heavy atom. The first-order chi connectivity index (χ1) is 33.2. The highest BCUT2D eigenvalue weighted by atomic mass is 19.1. The molecule has 0 spiro atoms. The molecule has 0 radical (unpaired) electrons. The number of piperazine rings is 1. The van der Waals surface area contributed by atoms with Gasteiger partial charge < -0.3 is 45.9 Å². The van der Waals surface area contributed by atoms with Crippen LogP contribution in [0.5, 0.6) is 23.0 Å². The van der Waals surface area contributed by atoms with Crippen LogP contribution in [0.2, 0.25) is 0 Å². The number of hydrogen-bond acceptors (Lipinski definition) is 11. The van der Waals surface area contributed by atoms with Crippen LogP contribution >= 0.6 is 0 Å². The Morgan fingerprint density at radius 1 is 0.471 bits per heavy atom. The number of anilines is 6. The Morgan fingerprint density at radius 2 is 0.882 bits per heavy atom. The third-order valence-electron chi connectivity index (χ3n) is 10.9. The van der Waals surface area contributed by atoms with Gasteiger partial charge in [-0.15, -0.1) is 0 Å². The van der Waals surface area contributed by atoms with Gasteiger partial charge in [0.1, 0.15) is 46.3 Å². The van der Waals surface area contributed by atoms with Crippen molar-refractivity contribution in [3.63, 3.8) is 0 Å². The van der Waals surface area contributed by atoms with E-state index in [0.717, 1.165) is 73.0 Å². The first-order valence-electron chi connectivity index (χ1n) is 22.2. The molecule has 0 unspecified atom stereocenters. The van der Waals surface area contributed by atoms with Crippen LogP contribution in [0.4, 0.5) is 52.8 Å². The summed E-state index contributed by atoms with van der Waals surface area (Å²) in [6, 6.07) is 35.6. The minimum Gasteiger partial charge on any atom is -0.457 e. The van der Waals surface area contributed by atoms with Crippen molar-refractivity contribution < 1.29 is 27.8 Å². The average molecular weight is 916 g/mol. The summed E-state index contributed by atoms with van der Waals surface area (Å²) in [4.78, 5) is 47.7. The Labute approximate surface area is 390 Å². The minimum atomic E-state index is -0.482. The number of urea groups is 2. The number of ether oxygens (including phenoxy) is 2. The number of amides is 4. The topological polar surface area (TPSA) is 171 Å². The summed E-state index contributed by atoms with van der Waals surface area (Å²) >= 11 is 0. The molecule has 344 valence electrons. The zero-order valence-electron chi connectivity index (χ0n) is 36.8. The van der Waals surface area contributed by atoms with Gasteiger partial charge in [-0.25, -0.2) is 28.3 Å². The van der Waals surface area contributed by atoms with Gasteiger partial charge in [-0.3, -0.25) is 9.97 Å². The summed E-state index contributed by atoms with van der Waals surface area (Å²) in [5.74, 6) is 3.24. The quantitative estimate of drug-likeness (QED) is 0.0884. The number of aromatic nitrogens is 4. The summed E-state index contributed by atoms with van der Waals surface area (Å²) < 4.78 is 38.7. The van der Waals surface area contributed by atoms with E-state index in [4.69, 9.17) is 19.4 Å². The Hall–Kier alpha value is -8.44. The zero-order valence-corrected chi connectivity index (χ0v) is 36.8. The van der Waals surface area contributed by atoms with Gasteiger partial charge in [-0.1, -0.05) is 24.3 Å². The Bertz CT molecular complexity index is 2850. The smallest absolute Gasteiger partial charge is 0.323 e. The van der Waals surface area contributed by atoms with E-state index >= 15 is 0 Å². The predicted octanol–water partition coefficient (Wildman–Crippen LogP) is 10.8. The van der Waals surface area contributed by atoms with Crippen LogP contribution in [0.3, 0.4) is 0 Å². The molecule has 4 amide bonds. The van der Waals surface area contributed by atoms with E-state index in [9.17, 15) is 18.4 Å². The standard InChI is InChI=1S/C26H24FN5O2.C25H23FN6O2/c27-18-6-4-7-19(14-18)29-26(33)30-20-8-5-9-21(15-20)34-22-10-11-23-24(16-22)31-25(17-28-23)32-12-2-1-3-13-32;26-17-3-1-4-18(13-17)29-25(33)30-19-5-2-6-20(14-19)34-21-7-8-22-23(15-21)31-24(16-28-22)32-11-9-27-10-12-32/h4-11,14-17H,1-3,12-13H2,(H2,29,30,33);1-8,13-16,27H,9-12H2,(H2,29,30,33). The minimum absolute atomic E-state index is 0.363. The summed E-state index contributed by atoms with van der Waals surface area (Å²) in [5, 5.41) is 14.0. The number of nitrogens with one attached hydrogen (secondary N) is 5.